The van der Waals surface area contributed by atoms with E-state index in [9.17, 15) is 4.79 Å². The molecule has 0 radical (unpaired) electrons. The van der Waals surface area contributed by atoms with Gasteiger partial charge in [0.1, 0.15) is 5.75 Å². The largest absolute Gasteiger partial charge is 0.493 e. The van der Waals surface area contributed by atoms with Crippen LogP contribution in [0.15, 0.2) is 59.1 Å². The molecule has 3 aromatic rings. The Morgan fingerprint density at radius 1 is 1.14 bits per heavy atom. The van der Waals surface area contributed by atoms with E-state index in [0.29, 0.717) is 37.2 Å². The minimum Gasteiger partial charge on any atom is -0.493 e. The third-order valence-electron chi connectivity index (χ3n) is 4.68. The fourth-order valence-electron chi connectivity index (χ4n) is 3.21. The minimum atomic E-state index is -0.0948. The van der Waals surface area contributed by atoms with Crippen LogP contribution in [0.25, 0.3) is 11.4 Å². The summed E-state index contributed by atoms with van der Waals surface area (Å²) in [7, 11) is 0. The lowest BCUT2D eigenvalue weighted by Crippen LogP contribution is -2.24. The predicted octanol–water partition coefficient (Wildman–Crippen LogP) is 4.29. The quantitative estimate of drug-likeness (QED) is 0.641. The van der Waals surface area contributed by atoms with Crippen molar-refractivity contribution in [1.82, 2.24) is 10.1 Å². The Hall–Kier alpha value is -3.15. The summed E-state index contributed by atoms with van der Waals surface area (Å²) in [5.41, 5.74) is 1.75. The topological polar surface area (TPSA) is 68.5 Å². The summed E-state index contributed by atoms with van der Waals surface area (Å²) in [6, 6.07) is 17.3. The molecule has 28 heavy (non-hydrogen) atoms. The summed E-state index contributed by atoms with van der Waals surface area (Å²) in [5.74, 6) is 2.30. The lowest BCUT2D eigenvalue weighted by Gasteiger charge is -2.15. The molecule has 4 rings (SSSR count). The van der Waals surface area contributed by atoms with Crippen LogP contribution in [0.5, 0.6) is 5.75 Å². The average Bonchev–Trinajstić information content (AvgIpc) is 3.34. The van der Waals surface area contributed by atoms with Gasteiger partial charge in [0.05, 0.1) is 12.5 Å². The lowest BCUT2D eigenvalue weighted by atomic mass is 10.1. The SMILES string of the molecule is CC(C)COc1ccc(-c2noc(C3CC(=O)N(c4ccccc4)C3)n2)cc1. The molecule has 0 bridgehead atoms. The van der Waals surface area contributed by atoms with Gasteiger partial charge in [-0.3, -0.25) is 4.79 Å². The maximum atomic E-state index is 12.4. The van der Waals surface area contributed by atoms with Crippen molar-refractivity contribution >= 4 is 11.6 Å². The second kappa shape index (κ2) is 7.84. The van der Waals surface area contributed by atoms with E-state index in [0.717, 1.165) is 17.0 Å². The van der Waals surface area contributed by atoms with Gasteiger partial charge in [0.2, 0.25) is 17.6 Å². The molecule has 1 aromatic heterocycles. The van der Waals surface area contributed by atoms with E-state index < -0.39 is 0 Å². The van der Waals surface area contributed by atoms with Crippen molar-refractivity contribution in [2.45, 2.75) is 26.2 Å². The van der Waals surface area contributed by atoms with E-state index >= 15 is 0 Å². The van der Waals surface area contributed by atoms with Crippen molar-refractivity contribution in [3.05, 3.63) is 60.5 Å². The number of aromatic nitrogens is 2. The molecule has 1 aliphatic heterocycles. The zero-order valence-corrected chi connectivity index (χ0v) is 16.0. The Bertz CT molecular complexity index is 935. The Morgan fingerprint density at radius 2 is 1.89 bits per heavy atom. The highest BCUT2D eigenvalue weighted by Gasteiger charge is 2.35. The lowest BCUT2D eigenvalue weighted by molar-refractivity contribution is -0.117. The fraction of sp³-hybridized carbons (Fsp3) is 0.318. The van der Waals surface area contributed by atoms with Crippen LogP contribution < -0.4 is 9.64 Å². The van der Waals surface area contributed by atoms with Crippen molar-refractivity contribution in [3.63, 3.8) is 0 Å². The Morgan fingerprint density at radius 3 is 2.61 bits per heavy atom. The van der Waals surface area contributed by atoms with Crippen LogP contribution in [-0.4, -0.2) is 29.2 Å². The summed E-state index contributed by atoms with van der Waals surface area (Å²) in [4.78, 5) is 18.7. The maximum absolute atomic E-state index is 12.4. The number of hydrogen-bond donors (Lipinski definition) is 0. The molecule has 2 heterocycles. The molecule has 1 saturated heterocycles. The van der Waals surface area contributed by atoms with Crippen LogP contribution in [0, 0.1) is 5.92 Å². The molecule has 1 fully saturated rings. The molecule has 1 aliphatic rings. The maximum Gasteiger partial charge on any atom is 0.232 e. The van der Waals surface area contributed by atoms with Crippen molar-refractivity contribution in [3.8, 4) is 17.1 Å². The third-order valence-corrected chi connectivity index (χ3v) is 4.68. The molecular formula is C22H23N3O3. The number of para-hydroxylation sites is 1. The van der Waals surface area contributed by atoms with Crippen LogP contribution >= 0.6 is 0 Å². The molecule has 0 aliphatic carbocycles. The standard InChI is InChI=1S/C22H23N3O3/c1-15(2)14-27-19-10-8-16(9-11-19)21-23-22(28-24-21)17-12-20(26)25(13-17)18-6-4-3-5-7-18/h3-11,15,17H,12-14H2,1-2H3. The molecule has 1 unspecified atom stereocenters. The molecule has 144 valence electrons. The molecule has 0 saturated carbocycles. The van der Waals surface area contributed by atoms with Crippen LogP contribution in [-0.2, 0) is 4.79 Å². The number of rotatable bonds is 6. The Labute approximate surface area is 164 Å². The van der Waals surface area contributed by atoms with E-state index in [1.165, 1.54) is 0 Å². The first-order valence-corrected chi connectivity index (χ1v) is 9.52. The summed E-state index contributed by atoms with van der Waals surface area (Å²) in [6.45, 7) is 5.45. The van der Waals surface area contributed by atoms with E-state index in [2.05, 4.69) is 24.0 Å². The number of hydrogen-bond acceptors (Lipinski definition) is 5. The first kappa shape index (κ1) is 18.2. The number of benzene rings is 2. The van der Waals surface area contributed by atoms with Crippen molar-refractivity contribution < 1.29 is 14.1 Å². The highest BCUT2D eigenvalue weighted by molar-refractivity contribution is 5.96. The second-order valence-corrected chi connectivity index (χ2v) is 7.43. The molecule has 0 spiro atoms. The molecule has 2 aromatic carbocycles. The van der Waals surface area contributed by atoms with E-state index in [4.69, 9.17) is 9.26 Å². The van der Waals surface area contributed by atoms with Gasteiger partial charge >= 0.3 is 0 Å². The fourth-order valence-corrected chi connectivity index (χ4v) is 3.21. The molecule has 1 amide bonds. The number of anilines is 1. The second-order valence-electron chi connectivity index (χ2n) is 7.43. The summed E-state index contributed by atoms with van der Waals surface area (Å²) < 4.78 is 11.2. The van der Waals surface area contributed by atoms with Crippen molar-refractivity contribution in [1.29, 1.82) is 0 Å². The van der Waals surface area contributed by atoms with E-state index in [1.54, 1.807) is 4.90 Å². The average molecular weight is 377 g/mol. The zero-order valence-electron chi connectivity index (χ0n) is 16.0. The van der Waals surface area contributed by atoms with Gasteiger partial charge in [-0.2, -0.15) is 4.98 Å². The highest BCUT2D eigenvalue weighted by Crippen LogP contribution is 2.32. The normalized spacial score (nSPS) is 16.8. The number of amides is 1. The van der Waals surface area contributed by atoms with E-state index in [-0.39, 0.29) is 11.8 Å². The monoisotopic (exact) mass is 377 g/mol. The number of ether oxygens (including phenoxy) is 1. The van der Waals surface area contributed by atoms with E-state index in [1.807, 2.05) is 54.6 Å². The van der Waals surface area contributed by atoms with Crippen LogP contribution in [0.1, 0.15) is 32.1 Å². The van der Waals surface area contributed by atoms with Gasteiger partial charge in [-0.25, -0.2) is 0 Å². The first-order chi connectivity index (χ1) is 13.6. The number of carbonyl (C=O) groups is 1. The molecule has 6 nitrogen and oxygen atoms in total. The van der Waals surface area contributed by atoms with Crippen LogP contribution in [0.2, 0.25) is 0 Å². The predicted molar refractivity (Wildman–Crippen MR) is 106 cm³/mol. The molecule has 6 heteroatoms. The third kappa shape index (κ3) is 3.91. The van der Waals surface area contributed by atoms with Gasteiger partial charge in [0.15, 0.2) is 0 Å². The first-order valence-electron chi connectivity index (χ1n) is 9.52. The van der Waals surface area contributed by atoms with Gasteiger partial charge in [0.25, 0.3) is 0 Å². The van der Waals surface area contributed by atoms with Gasteiger partial charge in [-0.15, -0.1) is 0 Å². The van der Waals surface area contributed by atoms with Crippen LogP contribution in [0.4, 0.5) is 5.69 Å². The van der Waals surface area contributed by atoms with Gasteiger partial charge in [0, 0.05) is 24.2 Å². The smallest absolute Gasteiger partial charge is 0.232 e. The number of carbonyl (C=O) groups excluding carboxylic acids is 1. The van der Waals surface area contributed by atoms with Crippen LogP contribution in [0.3, 0.4) is 0 Å². The Balaban J connectivity index is 1.45. The molecule has 1 atom stereocenters. The van der Waals surface area contributed by atoms with Gasteiger partial charge in [-0.1, -0.05) is 37.2 Å². The summed E-state index contributed by atoms with van der Waals surface area (Å²) in [5, 5.41) is 4.10. The Kier molecular flexibility index (Phi) is 5.10. The minimum absolute atomic E-state index is 0.0719. The molecular weight excluding hydrogens is 354 g/mol. The van der Waals surface area contributed by atoms with Crippen molar-refractivity contribution in [2.75, 3.05) is 18.1 Å². The number of nitrogens with zero attached hydrogens (tertiary/aromatic N) is 3. The highest BCUT2D eigenvalue weighted by atomic mass is 16.5. The summed E-state index contributed by atoms with van der Waals surface area (Å²) in [6.07, 6.45) is 0.374. The van der Waals surface area contributed by atoms with Gasteiger partial charge < -0.3 is 14.2 Å². The molecule has 0 N–H and O–H groups in total. The van der Waals surface area contributed by atoms with Gasteiger partial charge in [-0.05, 0) is 42.3 Å². The van der Waals surface area contributed by atoms with Crippen molar-refractivity contribution in [2.24, 2.45) is 5.92 Å². The summed E-state index contributed by atoms with van der Waals surface area (Å²) >= 11 is 0. The zero-order chi connectivity index (χ0) is 19.5.